The highest BCUT2D eigenvalue weighted by Gasteiger charge is 2.38. The predicted molar refractivity (Wildman–Crippen MR) is 52.2 cm³/mol. The highest BCUT2D eigenvalue weighted by Crippen LogP contribution is 2.24. The first kappa shape index (κ1) is 13.8. The molecule has 0 radical (unpaired) electrons. The molecule has 0 amide bonds. The third-order valence-electron chi connectivity index (χ3n) is 2.07. The van der Waals surface area contributed by atoms with Crippen molar-refractivity contribution in [3.05, 3.63) is 0 Å². The van der Waals surface area contributed by atoms with E-state index in [2.05, 4.69) is 5.32 Å². The Bertz CT molecular complexity index is 143. The molecule has 0 saturated heterocycles. The predicted octanol–water partition coefficient (Wildman–Crippen LogP) is 3.35. The number of nitrogens with one attached hydrogen (secondary N) is 1. The van der Waals surface area contributed by atoms with Crippen LogP contribution in [0.4, 0.5) is 13.2 Å². The van der Waals surface area contributed by atoms with E-state index in [1.165, 1.54) is 0 Å². The summed E-state index contributed by atoms with van der Waals surface area (Å²) in [7, 11) is 0. The molecule has 0 aromatic carbocycles. The molecule has 0 aromatic rings. The smallest absolute Gasteiger partial charge is 0.306 e. The van der Waals surface area contributed by atoms with E-state index in [4.69, 9.17) is 0 Å². The van der Waals surface area contributed by atoms with Gasteiger partial charge < -0.3 is 5.32 Å². The standard InChI is InChI=1S/C10H20F3N/c1-4-7-14-9(10(11,12)13)6-5-8(2)3/h8-9,14H,4-7H2,1-3H3. The summed E-state index contributed by atoms with van der Waals surface area (Å²) in [4.78, 5) is 0. The van der Waals surface area contributed by atoms with Crippen molar-refractivity contribution in [2.75, 3.05) is 6.54 Å². The Labute approximate surface area is 84.1 Å². The second-order valence-electron chi connectivity index (χ2n) is 4.02. The minimum Gasteiger partial charge on any atom is -0.306 e. The first-order valence-corrected chi connectivity index (χ1v) is 5.18. The van der Waals surface area contributed by atoms with Crippen LogP contribution in [0.3, 0.4) is 0 Å². The molecule has 0 heterocycles. The van der Waals surface area contributed by atoms with Crippen molar-refractivity contribution in [3.63, 3.8) is 0 Å². The monoisotopic (exact) mass is 211 g/mol. The zero-order chi connectivity index (χ0) is 11.2. The van der Waals surface area contributed by atoms with Gasteiger partial charge in [-0.05, 0) is 31.7 Å². The largest absolute Gasteiger partial charge is 0.403 e. The summed E-state index contributed by atoms with van der Waals surface area (Å²) in [5.41, 5.74) is 0. The van der Waals surface area contributed by atoms with Crippen molar-refractivity contribution in [1.29, 1.82) is 0 Å². The van der Waals surface area contributed by atoms with Crippen LogP contribution in [-0.4, -0.2) is 18.8 Å². The Morgan fingerprint density at radius 3 is 2.07 bits per heavy atom. The van der Waals surface area contributed by atoms with E-state index in [-0.39, 0.29) is 6.42 Å². The molecule has 0 saturated carbocycles. The van der Waals surface area contributed by atoms with Crippen LogP contribution in [0.25, 0.3) is 0 Å². The van der Waals surface area contributed by atoms with Crippen molar-refractivity contribution in [3.8, 4) is 0 Å². The maximum absolute atomic E-state index is 12.4. The van der Waals surface area contributed by atoms with Gasteiger partial charge in [-0.15, -0.1) is 0 Å². The van der Waals surface area contributed by atoms with Crippen molar-refractivity contribution in [2.24, 2.45) is 5.92 Å². The van der Waals surface area contributed by atoms with Crippen LogP contribution < -0.4 is 5.32 Å². The lowest BCUT2D eigenvalue weighted by Crippen LogP contribution is -2.42. The normalized spacial score (nSPS) is 14.8. The summed E-state index contributed by atoms with van der Waals surface area (Å²) in [6.45, 7) is 6.17. The molecule has 1 N–H and O–H groups in total. The fourth-order valence-electron chi connectivity index (χ4n) is 1.20. The van der Waals surface area contributed by atoms with Gasteiger partial charge in [-0.25, -0.2) is 0 Å². The van der Waals surface area contributed by atoms with Crippen molar-refractivity contribution >= 4 is 0 Å². The first-order chi connectivity index (χ1) is 6.38. The van der Waals surface area contributed by atoms with Crippen molar-refractivity contribution in [2.45, 2.75) is 52.3 Å². The van der Waals surface area contributed by atoms with Gasteiger partial charge in [0, 0.05) is 0 Å². The molecule has 0 spiro atoms. The highest BCUT2D eigenvalue weighted by molar-refractivity contribution is 4.75. The molecule has 1 nitrogen and oxygen atoms in total. The number of hydrogen-bond donors (Lipinski definition) is 1. The second-order valence-corrected chi connectivity index (χ2v) is 4.02. The van der Waals surface area contributed by atoms with Crippen LogP contribution in [0.2, 0.25) is 0 Å². The van der Waals surface area contributed by atoms with E-state index in [9.17, 15) is 13.2 Å². The quantitative estimate of drug-likeness (QED) is 0.710. The van der Waals surface area contributed by atoms with E-state index in [0.717, 1.165) is 6.42 Å². The minimum absolute atomic E-state index is 0.182. The van der Waals surface area contributed by atoms with Crippen LogP contribution in [0.15, 0.2) is 0 Å². The lowest BCUT2D eigenvalue weighted by Gasteiger charge is -2.22. The van der Waals surface area contributed by atoms with Gasteiger partial charge in [-0.3, -0.25) is 0 Å². The average molecular weight is 211 g/mol. The molecule has 0 aliphatic carbocycles. The highest BCUT2D eigenvalue weighted by atomic mass is 19.4. The Morgan fingerprint density at radius 2 is 1.71 bits per heavy atom. The Morgan fingerprint density at radius 1 is 1.14 bits per heavy atom. The summed E-state index contributed by atoms with van der Waals surface area (Å²) in [6, 6.07) is -1.33. The summed E-state index contributed by atoms with van der Waals surface area (Å²) in [5.74, 6) is 0.322. The second kappa shape index (κ2) is 6.27. The molecular weight excluding hydrogens is 191 g/mol. The average Bonchev–Trinajstić information content (AvgIpc) is 2.01. The molecule has 1 unspecified atom stereocenters. The lowest BCUT2D eigenvalue weighted by atomic mass is 10.0. The molecular formula is C10H20F3N. The van der Waals surface area contributed by atoms with E-state index in [1.54, 1.807) is 0 Å². The summed E-state index contributed by atoms with van der Waals surface area (Å²) < 4.78 is 37.3. The maximum atomic E-state index is 12.4. The molecule has 1 atom stereocenters. The van der Waals surface area contributed by atoms with Gasteiger partial charge in [0.05, 0.1) is 0 Å². The van der Waals surface area contributed by atoms with Crippen LogP contribution in [0, 0.1) is 5.92 Å². The summed E-state index contributed by atoms with van der Waals surface area (Å²) in [5, 5.41) is 2.54. The number of halogens is 3. The molecule has 0 fully saturated rings. The van der Waals surface area contributed by atoms with Gasteiger partial charge in [-0.2, -0.15) is 13.2 Å². The summed E-state index contributed by atoms with van der Waals surface area (Å²) in [6.07, 6.45) is -2.58. The van der Waals surface area contributed by atoms with Crippen molar-refractivity contribution in [1.82, 2.24) is 5.32 Å². The molecule has 14 heavy (non-hydrogen) atoms. The molecule has 86 valence electrons. The van der Waals surface area contributed by atoms with Gasteiger partial charge >= 0.3 is 6.18 Å². The van der Waals surface area contributed by atoms with Crippen LogP contribution >= 0.6 is 0 Å². The number of rotatable bonds is 6. The Balaban J connectivity index is 3.98. The number of hydrogen-bond acceptors (Lipinski definition) is 1. The third-order valence-corrected chi connectivity index (χ3v) is 2.07. The molecule has 0 aliphatic rings. The fourth-order valence-corrected chi connectivity index (χ4v) is 1.20. The Kier molecular flexibility index (Phi) is 6.16. The molecule has 0 aliphatic heterocycles. The zero-order valence-electron chi connectivity index (χ0n) is 9.12. The van der Waals surface area contributed by atoms with E-state index < -0.39 is 12.2 Å². The third kappa shape index (κ3) is 6.24. The van der Waals surface area contributed by atoms with Gasteiger partial charge in [-0.1, -0.05) is 20.8 Å². The number of alkyl halides is 3. The fraction of sp³-hybridized carbons (Fsp3) is 1.00. The Hall–Kier alpha value is -0.250. The van der Waals surface area contributed by atoms with E-state index in [0.29, 0.717) is 18.9 Å². The first-order valence-electron chi connectivity index (χ1n) is 5.18. The minimum atomic E-state index is -4.11. The van der Waals surface area contributed by atoms with Crippen LogP contribution in [0.5, 0.6) is 0 Å². The van der Waals surface area contributed by atoms with Gasteiger partial charge in [0.25, 0.3) is 0 Å². The van der Waals surface area contributed by atoms with Gasteiger partial charge in [0.2, 0.25) is 0 Å². The maximum Gasteiger partial charge on any atom is 0.403 e. The topological polar surface area (TPSA) is 12.0 Å². The zero-order valence-corrected chi connectivity index (χ0v) is 9.12. The lowest BCUT2D eigenvalue weighted by molar-refractivity contribution is -0.157. The summed E-state index contributed by atoms with van der Waals surface area (Å²) >= 11 is 0. The molecule has 4 heteroatoms. The molecule has 0 rings (SSSR count). The van der Waals surface area contributed by atoms with Crippen LogP contribution in [0.1, 0.15) is 40.0 Å². The SMILES string of the molecule is CCCNC(CCC(C)C)C(F)(F)F. The van der Waals surface area contributed by atoms with Gasteiger partial charge in [0.1, 0.15) is 6.04 Å². The van der Waals surface area contributed by atoms with E-state index >= 15 is 0 Å². The van der Waals surface area contributed by atoms with Crippen molar-refractivity contribution < 1.29 is 13.2 Å². The van der Waals surface area contributed by atoms with Crippen LogP contribution in [-0.2, 0) is 0 Å². The van der Waals surface area contributed by atoms with Gasteiger partial charge in [0.15, 0.2) is 0 Å². The molecule has 0 aromatic heterocycles. The molecule has 0 bridgehead atoms. The van der Waals surface area contributed by atoms with E-state index in [1.807, 2.05) is 20.8 Å².